The molecule has 94 valence electrons. The van der Waals surface area contributed by atoms with E-state index in [0.29, 0.717) is 12.4 Å². The van der Waals surface area contributed by atoms with E-state index in [9.17, 15) is 0 Å². The molecule has 6 nitrogen and oxygen atoms in total. The van der Waals surface area contributed by atoms with E-state index in [0.717, 1.165) is 18.6 Å². The van der Waals surface area contributed by atoms with Crippen LogP contribution in [0.5, 0.6) is 5.75 Å². The monoisotopic (exact) mass is 245 g/mol. The molecule has 1 aromatic heterocycles. The van der Waals surface area contributed by atoms with E-state index >= 15 is 0 Å². The van der Waals surface area contributed by atoms with Gasteiger partial charge in [0.05, 0.1) is 7.05 Å². The molecule has 1 aliphatic rings. The summed E-state index contributed by atoms with van der Waals surface area (Å²) in [5.74, 6) is 1.41. The third kappa shape index (κ3) is 2.06. The molecule has 1 aliphatic carbocycles. The van der Waals surface area contributed by atoms with Crippen molar-refractivity contribution in [3.05, 3.63) is 35.2 Å². The Morgan fingerprint density at radius 2 is 2.39 bits per heavy atom. The number of tetrazole rings is 1. The summed E-state index contributed by atoms with van der Waals surface area (Å²) in [6.45, 7) is 0.332. The van der Waals surface area contributed by atoms with Gasteiger partial charge in [-0.25, -0.2) is 0 Å². The molecule has 0 fully saturated rings. The molecule has 0 saturated heterocycles. The quantitative estimate of drug-likeness (QED) is 0.862. The summed E-state index contributed by atoms with van der Waals surface area (Å²) in [6.07, 6.45) is 2.04. The van der Waals surface area contributed by atoms with Gasteiger partial charge in [0, 0.05) is 6.04 Å². The van der Waals surface area contributed by atoms with Gasteiger partial charge < -0.3 is 10.5 Å². The van der Waals surface area contributed by atoms with E-state index in [-0.39, 0.29) is 6.04 Å². The van der Waals surface area contributed by atoms with Gasteiger partial charge in [-0.2, -0.15) is 4.80 Å². The third-order valence-electron chi connectivity index (χ3n) is 3.16. The fraction of sp³-hybridized carbons (Fsp3) is 0.417. The van der Waals surface area contributed by atoms with E-state index in [2.05, 4.69) is 21.5 Å². The molecule has 3 rings (SSSR count). The summed E-state index contributed by atoms with van der Waals surface area (Å²) >= 11 is 0. The SMILES string of the molecule is Cn1nnc(COc2ccc3c(c2)CC[C@H]3N)n1. The molecule has 6 heteroatoms. The molecule has 2 N–H and O–H groups in total. The molecule has 0 saturated carbocycles. The maximum absolute atomic E-state index is 5.99. The van der Waals surface area contributed by atoms with Gasteiger partial charge in [-0.15, -0.1) is 10.2 Å². The Morgan fingerprint density at radius 1 is 1.50 bits per heavy atom. The average Bonchev–Trinajstić information content (AvgIpc) is 2.94. The smallest absolute Gasteiger partial charge is 0.212 e. The van der Waals surface area contributed by atoms with Gasteiger partial charge in [-0.05, 0) is 41.3 Å². The summed E-state index contributed by atoms with van der Waals surface area (Å²) < 4.78 is 5.65. The van der Waals surface area contributed by atoms with Crippen LogP contribution >= 0.6 is 0 Å². The maximum atomic E-state index is 5.99. The fourth-order valence-electron chi connectivity index (χ4n) is 2.25. The number of hydrogen-bond donors (Lipinski definition) is 1. The number of nitrogens with two attached hydrogens (primary N) is 1. The molecule has 0 radical (unpaired) electrons. The van der Waals surface area contributed by atoms with Gasteiger partial charge in [0.15, 0.2) is 6.61 Å². The number of ether oxygens (including phenoxy) is 1. The van der Waals surface area contributed by atoms with Crippen molar-refractivity contribution in [1.82, 2.24) is 20.2 Å². The Bertz CT molecular complexity index is 565. The lowest BCUT2D eigenvalue weighted by molar-refractivity contribution is 0.295. The van der Waals surface area contributed by atoms with Gasteiger partial charge in [0.2, 0.25) is 5.82 Å². The van der Waals surface area contributed by atoms with Gasteiger partial charge >= 0.3 is 0 Å². The molecule has 0 amide bonds. The Kier molecular flexibility index (Phi) is 2.71. The average molecular weight is 245 g/mol. The normalized spacial score (nSPS) is 17.8. The van der Waals surface area contributed by atoms with Crippen molar-refractivity contribution in [2.24, 2.45) is 12.8 Å². The first kappa shape index (κ1) is 11.2. The van der Waals surface area contributed by atoms with Crippen LogP contribution in [0, 0.1) is 0 Å². The van der Waals surface area contributed by atoms with Crippen LogP contribution in [0.1, 0.15) is 29.4 Å². The molecule has 1 atom stereocenters. The van der Waals surface area contributed by atoms with E-state index in [1.807, 2.05) is 12.1 Å². The first-order chi connectivity index (χ1) is 8.72. The lowest BCUT2D eigenvalue weighted by Gasteiger charge is -2.07. The van der Waals surface area contributed by atoms with Crippen LogP contribution in [-0.4, -0.2) is 20.2 Å². The first-order valence-corrected chi connectivity index (χ1v) is 5.96. The van der Waals surface area contributed by atoms with Crippen LogP contribution in [0.3, 0.4) is 0 Å². The van der Waals surface area contributed by atoms with Crippen molar-refractivity contribution in [1.29, 1.82) is 0 Å². The van der Waals surface area contributed by atoms with Crippen LogP contribution in [0.2, 0.25) is 0 Å². The number of nitrogens with zero attached hydrogens (tertiary/aromatic N) is 4. The van der Waals surface area contributed by atoms with Crippen molar-refractivity contribution in [3.63, 3.8) is 0 Å². The first-order valence-electron chi connectivity index (χ1n) is 5.96. The highest BCUT2D eigenvalue weighted by molar-refractivity contribution is 5.40. The lowest BCUT2D eigenvalue weighted by Crippen LogP contribution is -2.05. The van der Waals surface area contributed by atoms with Crippen LogP contribution in [-0.2, 0) is 20.1 Å². The van der Waals surface area contributed by atoms with Gasteiger partial charge in [0.25, 0.3) is 0 Å². The molecule has 0 spiro atoms. The Labute approximate surface area is 105 Å². The number of hydrogen-bond acceptors (Lipinski definition) is 5. The topological polar surface area (TPSA) is 78.8 Å². The van der Waals surface area contributed by atoms with Crippen molar-refractivity contribution in [2.75, 3.05) is 0 Å². The lowest BCUT2D eigenvalue weighted by atomic mass is 10.1. The highest BCUT2D eigenvalue weighted by atomic mass is 16.5. The zero-order valence-corrected chi connectivity index (χ0v) is 10.2. The Balaban J connectivity index is 1.70. The number of benzene rings is 1. The minimum Gasteiger partial charge on any atom is -0.485 e. The molecule has 0 bridgehead atoms. The van der Waals surface area contributed by atoms with Crippen molar-refractivity contribution in [3.8, 4) is 5.75 Å². The van der Waals surface area contributed by atoms with Gasteiger partial charge in [-0.1, -0.05) is 6.07 Å². The summed E-state index contributed by atoms with van der Waals surface area (Å²) in [4.78, 5) is 1.42. The highest BCUT2D eigenvalue weighted by Gasteiger charge is 2.19. The summed E-state index contributed by atoms with van der Waals surface area (Å²) in [5, 5.41) is 11.7. The van der Waals surface area contributed by atoms with Crippen molar-refractivity contribution in [2.45, 2.75) is 25.5 Å². The predicted octanol–water partition coefficient (Wildman–Crippen LogP) is 0.735. The number of aromatic nitrogens is 4. The molecular weight excluding hydrogens is 230 g/mol. The zero-order chi connectivity index (χ0) is 12.5. The molecule has 2 aromatic rings. The minimum absolute atomic E-state index is 0.177. The van der Waals surface area contributed by atoms with Crippen molar-refractivity contribution < 1.29 is 4.74 Å². The second kappa shape index (κ2) is 4.38. The van der Waals surface area contributed by atoms with Crippen LogP contribution in [0.25, 0.3) is 0 Å². The van der Waals surface area contributed by atoms with E-state index in [1.165, 1.54) is 15.9 Å². The predicted molar refractivity (Wildman–Crippen MR) is 64.8 cm³/mol. The van der Waals surface area contributed by atoms with E-state index in [1.54, 1.807) is 7.05 Å². The third-order valence-corrected chi connectivity index (χ3v) is 3.16. The van der Waals surface area contributed by atoms with E-state index in [4.69, 9.17) is 10.5 Å². The number of aryl methyl sites for hydroxylation is 2. The summed E-state index contributed by atoms with van der Waals surface area (Å²) in [7, 11) is 1.73. The zero-order valence-electron chi connectivity index (χ0n) is 10.2. The van der Waals surface area contributed by atoms with Crippen LogP contribution < -0.4 is 10.5 Å². The maximum Gasteiger partial charge on any atom is 0.212 e. The van der Waals surface area contributed by atoms with Gasteiger partial charge in [0.1, 0.15) is 5.75 Å². The van der Waals surface area contributed by atoms with Crippen LogP contribution in [0.4, 0.5) is 0 Å². The summed E-state index contributed by atoms with van der Waals surface area (Å²) in [5.41, 5.74) is 8.51. The number of rotatable bonds is 3. The second-order valence-corrected chi connectivity index (χ2v) is 4.49. The molecule has 0 aliphatic heterocycles. The summed E-state index contributed by atoms with van der Waals surface area (Å²) in [6, 6.07) is 6.22. The molecular formula is C12H15N5O. The number of fused-ring (bicyclic) bond motifs is 1. The van der Waals surface area contributed by atoms with Crippen molar-refractivity contribution >= 4 is 0 Å². The second-order valence-electron chi connectivity index (χ2n) is 4.49. The Morgan fingerprint density at radius 3 is 3.17 bits per heavy atom. The Hall–Kier alpha value is -1.95. The van der Waals surface area contributed by atoms with Crippen LogP contribution in [0.15, 0.2) is 18.2 Å². The molecule has 1 aromatic carbocycles. The fourth-order valence-corrected chi connectivity index (χ4v) is 2.25. The molecule has 0 unspecified atom stereocenters. The largest absolute Gasteiger partial charge is 0.485 e. The molecule has 1 heterocycles. The van der Waals surface area contributed by atoms with Gasteiger partial charge in [-0.3, -0.25) is 0 Å². The highest BCUT2D eigenvalue weighted by Crippen LogP contribution is 2.31. The van der Waals surface area contributed by atoms with E-state index < -0.39 is 0 Å². The molecule has 18 heavy (non-hydrogen) atoms. The standard InChI is InChI=1S/C12H15N5O/c1-17-15-12(14-16-17)7-18-9-3-4-10-8(6-9)2-5-11(10)13/h3-4,6,11H,2,5,7,13H2,1H3/t11-/m1/s1. The minimum atomic E-state index is 0.177.